The lowest BCUT2D eigenvalue weighted by Gasteiger charge is -2.24. The summed E-state index contributed by atoms with van der Waals surface area (Å²) in [5.41, 5.74) is 8.79. The molecule has 1 aliphatic rings. The summed E-state index contributed by atoms with van der Waals surface area (Å²) in [5.74, 6) is 0.840. The van der Waals surface area contributed by atoms with Crippen LogP contribution in [0.4, 0.5) is 5.69 Å². The number of hydrogen-bond acceptors (Lipinski definition) is 2. The third kappa shape index (κ3) is 3.89. The molecule has 1 fully saturated rings. The van der Waals surface area contributed by atoms with Crippen molar-refractivity contribution in [3.8, 4) is 0 Å². The molecule has 2 unspecified atom stereocenters. The van der Waals surface area contributed by atoms with Crippen LogP contribution in [0.2, 0.25) is 5.02 Å². The molecule has 0 saturated carbocycles. The minimum atomic E-state index is 0.240. The fraction of sp³-hybridized carbons (Fsp3) is 0.647. The van der Waals surface area contributed by atoms with Gasteiger partial charge < -0.3 is 10.6 Å². The fourth-order valence-corrected chi connectivity index (χ4v) is 3.29. The van der Waals surface area contributed by atoms with E-state index >= 15 is 0 Å². The van der Waals surface area contributed by atoms with E-state index in [0.717, 1.165) is 30.3 Å². The van der Waals surface area contributed by atoms with Crippen LogP contribution < -0.4 is 10.6 Å². The molecule has 2 nitrogen and oxygen atoms in total. The highest BCUT2D eigenvalue weighted by Gasteiger charge is 2.24. The maximum atomic E-state index is 6.21. The summed E-state index contributed by atoms with van der Waals surface area (Å²) in [6.07, 6.45) is 5.88. The van der Waals surface area contributed by atoms with Crippen LogP contribution in [0.15, 0.2) is 18.2 Å². The second kappa shape index (κ2) is 7.33. The van der Waals surface area contributed by atoms with Crippen LogP contribution >= 0.6 is 11.6 Å². The van der Waals surface area contributed by atoms with E-state index in [2.05, 4.69) is 30.9 Å². The van der Waals surface area contributed by atoms with Gasteiger partial charge in [-0.3, -0.25) is 0 Å². The van der Waals surface area contributed by atoms with Gasteiger partial charge in [0.05, 0.1) is 0 Å². The molecule has 0 amide bonds. The maximum absolute atomic E-state index is 6.21. The third-order valence-corrected chi connectivity index (χ3v) is 4.61. The van der Waals surface area contributed by atoms with Crippen LogP contribution in [0.3, 0.4) is 0 Å². The molecule has 0 aliphatic carbocycles. The highest BCUT2D eigenvalue weighted by molar-refractivity contribution is 6.30. The van der Waals surface area contributed by atoms with E-state index in [1.165, 1.54) is 37.1 Å². The first kappa shape index (κ1) is 15.7. The van der Waals surface area contributed by atoms with Crippen LogP contribution in [-0.4, -0.2) is 19.1 Å². The van der Waals surface area contributed by atoms with Gasteiger partial charge in [-0.15, -0.1) is 0 Å². The average molecular weight is 295 g/mol. The first-order valence-corrected chi connectivity index (χ1v) is 8.30. The van der Waals surface area contributed by atoms with E-state index in [9.17, 15) is 0 Å². The summed E-state index contributed by atoms with van der Waals surface area (Å²) in [4.78, 5) is 2.50. The molecule has 0 radical (unpaired) electrons. The summed E-state index contributed by atoms with van der Waals surface area (Å²) in [6, 6.07) is 6.50. The third-order valence-electron chi connectivity index (χ3n) is 4.38. The zero-order valence-corrected chi connectivity index (χ0v) is 13.5. The SMILES string of the molecule is CCCC1CCN(c2cc(Cl)ccc2CC(N)CC)C1. The monoisotopic (exact) mass is 294 g/mol. The molecule has 1 aromatic rings. The average Bonchev–Trinajstić information content (AvgIpc) is 2.89. The lowest BCUT2D eigenvalue weighted by atomic mass is 10.0. The first-order chi connectivity index (χ1) is 9.63. The Labute approximate surface area is 128 Å². The van der Waals surface area contributed by atoms with Crippen molar-refractivity contribution in [2.45, 2.75) is 52.0 Å². The Morgan fingerprint density at radius 2 is 2.20 bits per heavy atom. The Balaban J connectivity index is 2.15. The highest BCUT2D eigenvalue weighted by Crippen LogP contribution is 2.31. The lowest BCUT2D eigenvalue weighted by Crippen LogP contribution is -2.25. The van der Waals surface area contributed by atoms with Crippen molar-refractivity contribution >= 4 is 17.3 Å². The summed E-state index contributed by atoms with van der Waals surface area (Å²) in [5, 5.41) is 0.827. The number of halogens is 1. The van der Waals surface area contributed by atoms with Crippen molar-refractivity contribution in [3.63, 3.8) is 0 Å². The Morgan fingerprint density at radius 3 is 2.90 bits per heavy atom. The minimum Gasteiger partial charge on any atom is -0.371 e. The fourth-order valence-electron chi connectivity index (χ4n) is 3.13. The smallest absolute Gasteiger partial charge is 0.0426 e. The second-order valence-electron chi connectivity index (χ2n) is 6.03. The molecule has 20 heavy (non-hydrogen) atoms. The van der Waals surface area contributed by atoms with Crippen molar-refractivity contribution in [2.75, 3.05) is 18.0 Å². The van der Waals surface area contributed by atoms with Gasteiger partial charge in [0.2, 0.25) is 0 Å². The predicted octanol–water partition coefficient (Wildman–Crippen LogP) is 4.25. The number of nitrogens with two attached hydrogens (primary N) is 1. The standard InChI is InChI=1S/C17H27ClN2/c1-3-5-13-8-9-20(12-13)17-11-15(18)7-6-14(17)10-16(19)4-2/h6-7,11,13,16H,3-5,8-10,12,19H2,1-2H3. The van der Waals surface area contributed by atoms with Crippen LogP contribution in [-0.2, 0) is 6.42 Å². The Bertz CT molecular complexity index is 433. The Morgan fingerprint density at radius 1 is 1.40 bits per heavy atom. The highest BCUT2D eigenvalue weighted by atomic mass is 35.5. The van der Waals surface area contributed by atoms with Gasteiger partial charge >= 0.3 is 0 Å². The first-order valence-electron chi connectivity index (χ1n) is 7.93. The molecule has 2 atom stereocenters. The maximum Gasteiger partial charge on any atom is 0.0426 e. The van der Waals surface area contributed by atoms with Gasteiger partial charge in [0.25, 0.3) is 0 Å². The number of benzene rings is 1. The molecule has 1 aromatic carbocycles. The van der Waals surface area contributed by atoms with Crippen molar-refractivity contribution < 1.29 is 0 Å². The predicted molar refractivity (Wildman–Crippen MR) is 88.7 cm³/mol. The molecular formula is C17H27ClN2. The zero-order chi connectivity index (χ0) is 14.5. The van der Waals surface area contributed by atoms with Gasteiger partial charge in [-0.25, -0.2) is 0 Å². The van der Waals surface area contributed by atoms with Gasteiger partial charge in [0, 0.05) is 29.8 Å². The molecule has 3 heteroatoms. The molecule has 1 heterocycles. The molecule has 2 N–H and O–H groups in total. The molecule has 0 bridgehead atoms. The molecule has 2 rings (SSSR count). The van der Waals surface area contributed by atoms with Crippen LogP contribution in [0.1, 0.15) is 45.1 Å². The molecule has 112 valence electrons. The molecule has 0 spiro atoms. The Hall–Kier alpha value is -0.730. The summed E-state index contributed by atoms with van der Waals surface area (Å²) in [6.45, 7) is 6.74. The van der Waals surface area contributed by atoms with Gasteiger partial charge in [-0.2, -0.15) is 0 Å². The second-order valence-corrected chi connectivity index (χ2v) is 6.47. The van der Waals surface area contributed by atoms with E-state index in [4.69, 9.17) is 17.3 Å². The number of rotatable bonds is 6. The summed E-state index contributed by atoms with van der Waals surface area (Å²) in [7, 11) is 0. The molecule has 1 aliphatic heterocycles. The summed E-state index contributed by atoms with van der Waals surface area (Å²) < 4.78 is 0. The van der Waals surface area contributed by atoms with Crippen molar-refractivity contribution in [3.05, 3.63) is 28.8 Å². The quantitative estimate of drug-likeness (QED) is 0.850. The van der Waals surface area contributed by atoms with Crippen LogP contribution in [0, 0.1) is 5.92 Å². The normalized spacial score (nSPS) is 20.4. The topological polar surface area (TPSA) is 29.3 Å². The number of nitrogens with zero attached hydrogens (tertiary/aromatic N) is 1. The van der Waals surface area contributed by atoms with E-state index in [0.29, 0.717) is 0 Å². The number of hydrogen-bond donors (Lipinski definition) is 1. The zero-order valence-electron chi connectivity index (χ0n) is 12.7. The van der Waals surface area contributed by atoms with Gasteiger partial charge in [0.1, 0.15) is 0 Å². The van der Waals surface area contributed by atoms with Gasteiger partial charge in [-0.05, 0) is 49.3 Å². The largest absolute Gasteiger partial charge is 0.371 e. The molecule has 0 aromatic heterocycles. The van der Waals surface area contributed by atoms with Crippen molar-refractivity contribution in [1.82, 2.24) is 0 Å². The summed E-state index contributed by atoms with van der Waals surface area (Å²) >= 11 is 6.21. The van der Waals surface area contributed by atoms with E-state index < -0.39 is 0 Å². The van der Waals surface area contributed by atoms with E-state index in [-0.39, 0.29) is 6.04 Å². The van der Waals surface area contributed by atoms with E-state index in [1.54, 1.807) is 0 Å². The lowest BCUT2D eigenvalue weighted by molar-refractivity contribution is 0.529. The van der Waals surface area contributed by atoms with Crippen LogP contribution in [0.5, 0.6) is 0 Å². The molecule has 1 saturated heterocycles. The van der Waals surface area contributed by atoms with Crippen molar-refractivity contribution in [2.24, 2.45) is 11.7 Å². The van der Waals surface area contributed by atoms with Crippen LogP contribution in [0.25, 0.3) is 0 Å². The van der Waals surface area contributed by atoms with Gasteiger partial charge in [0.15, 0.2) is 0 Å². The van der Waals surface area contributed by atoms with Gasteiger partial charge in [-0.1, -0.05) is 37.9 Å². The van der Waals surface area contributed by atoms with E-state index in [1.807, 2.05) is 6.07 Å². The minimum absolute atomic E-state index is 0.240. The molecular weight excluding hydrogens is 268 g/mol. The Kier molecular flexibility index (Phi) is 5.74. The number of anilines is 1. The van der Waals surface area contributed by atoms with Crippen molar-refractivity contribution in [1.29, 1.82) is 0 Å².